The van der Waals surface area contributed by atoms with Gasteiger partial charge in [-0.3, -0.25) is 4.79 Å². The van der Waals surface area contributed by atoms with Crippen LogP contribution >= 0.6 is 11.3 Å². The fourth-order valence-corrected chi connectivity index (χ4v) is 2.66. The zero-order valence-electron chi connectivity index (χ0n) is 10.6. The number of amides is 1. The van der Waals surface area contributed by atoms with Crippen LogP contribution in [-0.4, -0.2) is 41.5 Å². The largest absolute Gasteiger partial charge is 0.337 e. The third-order valence-corrected chi connectivity index (χ3v) is 4.37. The van der Waals surface area contributed by atoms with E-state index in [1.54, 1.807) is 0 Å². The number of aryl methyl sites for hydroxylation is 1. The first kappa shape index (κ1) is 12.5. The lowest BCUT2D eigenvalue weighted by molar-refractivity contribution is 0.0656. The predicted octanol–water partition coefficient (Wildman–Crippen LogP) is 1.67. The summed E-state index contributed by atoms with van der Waals surface area (Å²) in [6.07, 6.45) is 2.00. The number of carbonyl (C=O) groups is 1. The highest BCUT2D eigenvalue weighted by atomic mass is 32.1. The van der Waals surface area contributed by atoms with Crippen molar-refractivity contribution < 1.29 is 4.79 Å². The third kappa shape index (κ3) is 2.66. The van der Waals surface area contributed by atoms with Crippen LogP contribution in [-0.2, 0) is 0 Å². The number of thiazole rings is 1. The minimum atomic E-state index is 0.0764. The molecule has 2 heterocycles. The number of nitrogens with one attached hydrogen (secondary N) is 1. The molecule has 17 heavy (non-hydrogen) atoms. The van der Waals surface area contributed by atoms with Gasteiger partial charge >= 0.3 is 0 Å². The molecule has 1 aromatic rings. The van der Waals surface area contributed by atoms with E-state index in [0.29, 0.717) is 5.69 Å². The average molecular weight is 253 g/mol. The Morgan fingerprint density at radius 1 is 1.53 bits per heavy atom. The van der Waals surface area contributed by atoms with Gasteiger partial charge in [0.25, 0.3) is 5.91 Å². The Bertz CT molecular complexity index is 408. The van der Waals surface area contributed by atoms with E-state index < -0.39 is 0 Å². The molecule has 0 saturated carbocycles. The molecular weight excluding hydrogens is 234 g/mol. The summed E-state index contributed by atoms with van der Waals surface area (Å²) >= 11 is 1.53. The Labute approximate surface area is 106 Å². The molecule has 1 N–H and O–H groups in total. The second-order valence-corrected chi connectivity index (χ2v) is 5.92. The summed E-state index contributed by atoms with van der Waals surface area (Å²) in [5.74, 6) is 0.0764. The minimum absolute atomic E-state index is 0.0764. The summed E-state index contributed by atoms with van der Waals surface area (Å²) in [5.41, 5.74) is 0.773. The van der Waals surface area contributed by atoms with E-state index in [-0.39, 0.29) is 11.4 Å². The van der Waals surface area contributed by atoms with Crippen molar-refractivity contribution in [3.05, 3.63) is 16.1 Å². The van der Waals surface area contributed by atoms with Crippen molar-refractivity contribution in [2.45, 2.75) is 32.2 Å². The molecule has 4 nitrogen and oxygen atoms in total. The van der Waals surface area contributed by atoms with Crippen LogP contribution in [0.4, 0.5) is 0 Å². The van der Waals surface area contributed by atoms with Crippen LogP contribution in [0.2, 0.25) is 0 Å². The second kappa shape index (κ2) is 4.74. The first-order valence-electron chi connectivity index (χ1n) is 5.94. The van der Waals surface area contributed by atoms with Crippen molar-refractivity contribution in [1.82, 2.24) is 15.2 Å². The molecule has 1 aliphatic heterocycles. The zero-order chi connectivity index (χ0) is 12.5. The summed E-state index contributed by atoms with van der Waals surface area (Å²) in [4.78, 5) is 18.3. The Hall–Kier alpha value is -0.940. The van der Waals surface area contributed by atoms with Gasteiger partial charge in [0.15, 0.2) is 0 Å². The van der Waals surface area contributed by atoms with Gasteiger partial charge in [0.05, 0.1) is 5.01 Å². The highest BCUT2D eigenvalue weighted by Crippen LogP contribution is 2.22. The van der Waals surface area contributed by atoms with Crippen LogP contribution in [0.3, 0.4) is 0 Å². The second-order valence-electron chi connectivity index (χ2n) is 4.85. The van der Waals surface area contributed by atoms with E-state index in [9.17, 15) is 4.79 Å². The summed E-state index contributed by atoms with van der Waals surface area (Å²) in [6, 6.07) is 0. The molecule has 1 aliphatic rings. The fraction of sp³-hybridized carbons (Fsp3) is 0.667. The molecule has 0 bridgehead atoms. The van der Waals surface area contributed by atoms with Crippen molar-refractivity contribution in [3.8, 4) is 0 Å². The van der Waals surface area contributed by atoms with E-state index in [1.165, 1.54) is 11.3 Å². The van der Waals surface area contributed by atoms with E-state index >= 15 is 0 Å². The number of piperidine rings is 1. The zero-order valence-corrected chi connectivity index (χ0v) is 11.4. The van der Waals surface area contributed by atoms with Crippen molar-refractivity contribution in [1.29, 1.82) is 0 Å². The fourth-order valence-electron chi connectivity index (χ4n) is 2.08. The number of hydrogen-bond acceptors (Lipinski definition) is 4. The van der Waals surface area contributed by atoms with Crippen LogP contribution in [0.15, 0.2) is 5.38 Å². The lowest BCUT2D eigenvalue weighted by Crippen LogP contribution is -2.51. The van der Waals surface area contributed by atoms with Gasteiger partial charge < -0.3 is 10.2 Å². The van der Waals surface area contributed by atoms with Gasteiger partial charge in [-0.15, -0.1) is 11.3 Å². The van der Waals surface area contributed by atoms with Crippen LogP contribution in [0.25, 0.3) is 0 Å². The Balaban J connectivity index is 1.99. The molecule has 2 rings (SSSR count). The maximum atomic E-state index is 12.2. The summed E-state index contributed by atoms with van der Waals surface area (Å²) in [5, 5.41) is 6.13. The van der Waals surface area contributed by atoms with E-state index in [0.717, 1.165) is 30.9 Å². The summed E-state index contributed by atoms with van der Waals surface area (Å²) in [6.45, 7) is 5.76. The van der Waals surface area contributed by atoms with Crippen molar-refractivity contribution in [2.24, 2.45) is 0 Å². The van der Waals surface area contributed by atoms with Gasteiger partial charge in [-0.05, 0) is 33.7 Å². The monoisotopic (exact) mass is 253 g/mol. The van der Waals surface area contributed by atoms with Gasteiger partial charge in [-0.1, -0.05) is 0 Å². The predicted molar refractivity (Wildman–Crippen MR) is 69.5 cm³/mol. The Morgan fingerprint density at radius 3 is 2.65 bits per heavy atom. The molecule has 1 fully saturated rings. The maximum Gasteiger partial charge on any atom is 0.273 e. The van der Waals surface area contributed by atoms with Gasteiger partial charge in [0, 0.05) is 24.0 Å². The maximum absolute atomic E-state index is 12.2. The molecule has 94 valence electrons. The van der Waals surface area contributed by atoms with Crippen molar-refractivity contribution in [2.75, 3.05) is 20.1 Å². The highest BCUT2D eigenvalue weighted by molar-refractivity contribution is 7.09. The molecule has 1 saturated heterocycles. The molecular formula is C12H19N3OS. The third-order valence-electron chi connectivity index (χ3n) is 3.60. The van der Waals surface area contributed by atoms with Crippen LogP contribution in [0.5, 0.6) is 0 Å². The SMILES string of the molecule is CNC1(C)CCN(C(=O)c2csc(C)n2)CC1. The Kier molecular flexibility index (Phi) is 3.49. The van der Waals surface area contributed by atoms with Gasteiger partial charge in [0.2, 0.25) is 0 Å². The molecule has 0 atom stereocenters. The van der Waals surface area contributed by atoms with Crippen LogP contribution in [0.1, 0.15) is 35.3 Å². The lowest BCUT2D eigenvalue weighted by atomic mass is 9.90. The number of nitrogens with zero attached hydrogens (tertiary/aromatic N) is 2. The quantitative estimate of drug-likeness (QED) is 0.872. The average Bonchev–Trinajstić information content (AvgIpc) is 2.76. The molecule has 0 aliphatic carbocycles. The normalized spacial score (nSPS) is 19.4. The van der Waals surface area contributed by atoms with E-state index in [4.69, 9.17) is 0 Å². The molecule has 1 aromatic heterocycles. The Morgan fingerprint density at radius 2 is 2.18 bits per heavy atom. The van der Waals surface area contributed by atoms with Crippen LogP contribution in [0, 0.1) is 6.92 Å². The molecule has 0 aromatic carbocycles. The molecule has 0 spiro atoms. The summed E-state index contributed by atoms with van der Waals surface area (Å²) in [7, 11) is 1.99. The van der Waals surface area contributed by atoms with E-state index in [2.05, 4.69) is 17.2 Å². The number of likely N-dealkylation sites (tertiary alicyclic amines) is 1. The molecule has 1 amide bonds. The number of hydrogen-bond donors (Lipinski definition) is 1. The molecule has 5 heteroatoms. The van der Waals surface area contributed by atoms with Crippen LogP contribution < -0.4 is 5.32 Å². The van der Waals surface area contributed by atoms with Crippen molar-refractivity contribution >= 4 is 17.2 Å². The standard InChI is InChI=1S/C12H19N3OS/c1-9-14-10(8-17-9)11(16)15-6-4-12(2,13-3)5-7-15/h8,13H,4-7H2,1-3H3. The smallest absolute Gasteiger partial charge is 0.273 e. The summed E-state index contributed by atoms with van der Waals surface area (Å²) < 4.78 is 0. The van der Waals surface area contributed by atoms with Gasteiger partial charge in [0.1, 0.15) is 5.69 Å². The van der Waals surface area contributed by atoms with Gasteiger partial charge in [-0.2, -0.15) is 0 Å². The van der Waals surface area contributed by atoms with Crippen molar-refractivity contribution in [3.63, 3.8) is 0 Å². The molecule has 0 unspecified atom stereocenters. The first-order valence-corrected chi connectivity index (χ1v) is 6.82. The number of carbonyl (C=O) groups excluding carboxylic acids is 1. The number of aromatic nitrogens is 1. The lowest BCUT2D eigenvalue weighted by Gasteiger charge is -2.39. The van der Waals surface area contributed by atoms with E-state index in [1.807, 2.05) is 24.3 Å². The highest BCUT2D eigenvalue weighted by Gasteiger charge is 2.31. The van der Waals surface area contributed by atoms with Gasteiger partial charge in [-0.25, -0.2) is 4.98 Å². The first-order chi connectivity index (χ1) is 8.04. The minimum Gasteiger partial charge on any atom is -0.337 e. The number of rotatable bonds is 2. The topological polar surface area (TPSA) is 45.2 Å². The molecule has 0 radical (unpaired) electrons.